The first-order chi connectivity index (χ1) is 7.25. The first-order valence-electron chi connectivity index (χ1n) is 5.59. The van der Waals surface area contributed by atoms with Crippen molar-refractivity contribution in [2.24, 2.45) is 5.73 Å². The van der Waals surface area contributed by atoms with Gasteiger partial charge in [-0.25, -0.2) is 0 Å². The molecule has 1 aliphatic heterocycles. The molecule has 0 spiro atoms. The quantitative estimate of drug-likeness (QED) is 0.812. The molecule has 0 bridgehead atoms. The number of hydrogen-bond acceptors (Lipinski definition) is 3. The van der Waals surface area contributed by atoms with E-state index >= 15 is 0 Å². The van der Waals surface area contributed by atoms with Crippen molar-refractivity contribution in [1.82, 2.24) is 4.98 Å². The van der Waals surface area contributed by atoms with Crippen LogP contribution in [0.5, 0.6) is 0 Å². The minimum atomic E-state index is 0.148. The van der Waals surface area contributed by atoms with Crippen LogP contribution in [-0.2, 0) is 24.4 Å². The van der Waals surface area contributed by atoms with Crippen LogP contribution < -0.4 is 5.73 Å². The molecule has 1 aliphatic carbocycles. The van der Waals surface area contributed by atoms with Crippen LogP contribution >= 0.6 is 0 Å². The summed E-state index contributed by atoms with van der Waals surface area (Å²) in [5.41, 5.74) is 9.88. The van der Waals surface area contributed by atoms with Crippen molar-refractivity contribution in [3.05, 3.63) is 29.1 Å². The Bertz CT molecular complexity index is 385. The molecular weight excluding hydrogens is 188 g/mol. The van der Waals surface area contributed by atoms with Gasteiger partial charge in [0.1, 0.15) is 0 Å². The van der Waals surface area contributed by atoms with Gasteiger partial charge in [0.05, 0.1) is 18.9 Å². The third-order valence-electron chi connectivity index (χ3n) is 3.42. The first-order valence-corrected chi connectivity index (χ1v) is 5.59. The number of nitrogens with two attached hydrogens (primary N) is 1. The fourth-order valence-electron chi connectivity index (χ4n) is 2.04. The molecule has 3 nitrogen and oxygen atoms in total. The van der Waals surface area contributed by atoms with Crippen LogP contribution in [0.2, 0.25) is 0 Å². The van der Waals surface area contributed by atoms with Crippen molar-refractivity contribution in [1.29, 1.82) is 0 Å². The summed E-state index contributed by atoms with van der Waals surface area (Å²) in [4.78, 5) is 4.41. The van der Waals surface area contributed by atoms with Crippen LogP contribution in [0.1, 0.15) is 36.1 Å². The molecule has 2 heterocycles. The average molecular weight is 204 g/mol. The fourth-order valence-corrected chi connectivity index (χ4v) is 2.04. The lowest BCUT2D eigenvalue weighted by molar-refractivity contribution is 0.133. The summed E-state index contributed by atoms with van der Waals surface area (Å²) in [6.07, 6.45) is 6.49. The summed E-state index contributed by atoms with van der Waals surface area (Å²) in [5.74, 6) is 0. The molecule has 1 saturated carbocycles. The van der Waals surface area contributed by atoms with Crippen molar-refractivity contribution >= 4 is 0 Å². The molecule has 0 atom stereocenters. The molecule has 2 N–H and O–H groups in total. The number of aryl methyl sites for hydroxylation is 1. The zero-order valence-electron chi connectivity index (χ0n) is 8.83. The van der Waals surface area contributed by atoms with Gasteiger partial charge in [0.15, 0.2) is 0 Å². The second-order valence-corrected chi connectivity index (χ2v) is 4.80. The van der Waals surface area contributed by atoms with Crippen LogP contribution in [0.15, 0.2) is 12.3 Å². The first kappa shape index (κ1) is 9.31. The van der Waals surface area contributed by atoms with Gasteiger partial charge in [0.25, 0.3) is 0 Å². The zero-order chi connectivity index (χ0) is 10.3. The summed E-state index contributed by atoms with van der Waals surface area (Å²) in [6, 6.07) is 2.22. The van der Waals surface area contributed by atoms with E-state index < -0.39 is 0 Å². The number of nitrogens with zero attached hydrogens (tertiary/aromatic N) is 1. The SMILES string of the molecule is NC1(CCc2cnc3c(c2)COC3)CC1. The lowest BCUT2D eigenvalue weighted by Gasteiger charge is -2.08. The largest absolute Gasteiger partial charge is 0.370 e. The number of hydrogen-bond donors (Lipinski definition) is 1. The van der Waals surface area contributed by atoms with E-state index in [0.717, 1.165) is 25.1 Å². The van der Waals surface area contributed by atoms with E-state index in [1.54, 1.807) is 0 Å². The Hall–Kier alpha value is -0.930. The molecule has 1 aromatic heterocycles. The second kappa shape index (κ2) is 3.29. The molecule has 80 valence electrons. The Balaban J connectivity index is 1.70. The number of aromatic nitrogens is 1. The fraction of sp³-hybridized carbons (Fsp3) is 0.583. The highest BCUT2D eigenvalue weighted by Crippen LogP contribution is 2.36. The van der Waals surface area contributed by atoms with E-state index in [2.05, 4.69) is 11.1 Å². The Kier molecular flexibility index (Phi) is 2.04. The van der Waals surface area contributed by atoms with E-state index in [0.29, 0.717) is 6.61 Å². The normalized spacial score (nSPS) is 21.4. The Morgan fingerprint density at radius 2 is 2.27 bits per heavy atom. The third-order valence-corrected chi connectivity index (χ3v) is 3.42. The van der Waals surface area contributed by atoms with Gasteiger partial charge in [0, 0.05) is 17.3 Å². The Labute approximate surface area is 89.6 Å². The van der Waals surface area contributed by atoms with Crippen molar-refractivity contribution < 1.29 is 4.74 Å². The molecule has 3 rings (SSSR count). The number of ether oxygens (including phenoxy) is 1. The molecule has 0 amide bonds. The van der Waals surface area contributed by atoms with Gasteiger partial charge in [-0.3, -0.25) is 4.98 Å². The highest BCUT2D eigenvalue weighted by atomic mass is 16.5. The Morgan fingerprint density at radius 1 is 1.40 bits per heavy atom. The minimum Gasteiger partial charge on any atom is -0.370 e. The van der Waals surface area contributed by atoms with Crippen molar-refractivity contribution in [2.75, 3.05) is 0 Å². The average Bonchev–Trinajstić information content (AvgIpc) is 2.80. The van der Waals surface area contributed by atoms with Gasteiger partial charge >= 0.3 is 0 Å². The van der Waals surface area contributed by atoms with Crippen LogP contribution in [0.4, 0.5) is 0 Å². The topological polar surface area (TPSA) is 48.1 Å². The highest BCUT2D eigenvalue weighted by Gasteiger charge is 2.37. The van der Waals surface area contributed by atoms with Gasteiger partial charge in [-0.1, -0.05) is 6.07 Å². The van der Waals surface area contributed by atoms with Gasteiger partial charge in [-0.05, 0) is 31.2 Å². The summed E-state index contributed by atoms with van der Waals surface area (Å²) in [7, 11) is 0. The molecule has 0 aromatic carbocycles. The van der Waals surface area contributed by atoms with Gasteiger partial charge in [-0.2, -0.15) is 0 Å². The maximum absolute atomic E-state index is 6.06. The van der Waals surface area contributed by atoms with E-state index in [1.807, 2.05) is 6.20 Å². The summed E-state index contributed by atoms with van der Waals surface area (Å²) in [5, 5.41) is 0. The molecule has 2 aliphatic rings. The summed E-state index contributed by atoms with van der Waals surface area (Å²) in [6.45, 7) is 1.40. The molecule has 0 saturated heterocycles. The minimum absolute atomic E-state index is 0.148. The molecule has 3 heteroatoms. The van der Waals surface area contributed by atoms with E-state index in [4.69, 9.17) is 10.5 Å². The maximum Gasteiger partial charge on any atom is 0.0896 e. The molecule has 1 fully saturated rings. The molecule has 15 heavy (non-hydrogen) atoms. The van der Waals surface area contributed by atoms with Crippen LogP contribution in [-0.4, -0.2) is 10.5 Å². The lowest BCUT2D eigenvalue weighted by atomic mass is 10.0. The van der Waals surface area contributed by atoms with Gasteiger partial charge in [0.2, 0.25) is 0 Å². The van der Waals surface area contributed by atoms with E-state index in [9.17, 15) is 0 Å². The predicted molar refractivity (Wildman–Crippen MR) is 57.2 cm³/mol. The predicted octanol–water partition coefficient (Wildman–Crippen LogP) is 1.54. The molecule has 0 unspecified atom stereocenters. The number of pyridine rings is 1. The summed E-state index contributed by atoms with van der Waals surface area (Å²) >= 11 is 0. The summed E-state index contributed by atoms with van der Waals surface area (Å²) < 4.78 is 5.34. The third kappa shape index (κ3) is 1.90. The smallest absolute Gasteiger partial charge is 0.0896 e. The van der Waals surface area contributed by atoms with Crippen molar-refractivity contribution in [3.63, 3.8) is 0 Å². The van der Waals surface area contributed by atoms with Gasteiger partial charge < -0.3 is 10.5 Å². The van der Waals surface area contributed by atoms with Crippen LogP contribution in [0.3, 0.4) is 0 Å². The van der Waals surface area contributed by atoms with Crippen LogP contribution in [0, 0.1) is 0 Å². The van der Waals surface area contributed by atoms with E-state index in [-0.39, 0.29) is 5.54 Å². The van der Waals surface area contributed by atoms with E-state index in [1.165, 1.54) is 24.0 Å². The molecule has 1 aromatic rings. The highest BCUT2D eigenvalue weighted by molar-refractivity contribution is 5.27. The maximum atomic E-state index is 6.06. The Morgan fingerprint density at radius 3 is 3.07 bits per heavy atom. The lowest BCUT2D eigenvalue weighted by Crippen LogP contribution is -2.22. The zero-order valence-corrected chi connectivity index (χ0v) is 8.83. The number of rotatable bonds is 3. The molecular formula is C12H16N2O. The monoisotopic (exact) mass is 204 g/mol. The second-order valence-electron chi connectivity index (χ2n) is 4.80. The van der Waals surface area contributed by atoms with Crippen LogP contribution in [0.25, 0.3) is 0 Å². The standard InChI is InChI=1S/C12H16N2O/c13-12(3-4-12)2-1-9-5-10-7-15-8-11(10)14-6-9/h5-6H,1-4,7-8,13H2. The van der Waals surface area contributed by atoms with Crippen molar-refractivity contribution in [2.45, 2.75) is 44.4 Å². The molecule has 0 radical (unpaired) electrons. The van der Waals surface area contributed by atoms with Gasteiger partial charge in [-0.15, -0.1) is 0 Å². The number of fused-ring (bicyclic) bond motifs is 1. The van der Waals surface area contributed by atoms with Crippen molar-refractivity contribution in [3.8, 4) is 0 Å².